The van der Waals surface area contributed by atoms with E-state index >= 15 is 0 Å². The lowest BCUT2D eigenvalue weighted by Gasteiger charge is -2.20. The molecule has 0 N–H and O–H groups in total. The van der Waals surface area contributed by atoms with E-state index in [2.05, 4.69) is 9.98 Å². The summed E-state index contributed by atoms with van der Waals surface area (Å²) in [6.07, 6.45) is 2.42. The first-order chi connectivity index (χ1) is 12.1. The molecular formula is C17H16Cl2N4O2. The normalized spacial score (nSPS) is 15.9. The van der Waals surface area contributed by atoms with Crippen molar-refractivity contribution in [3.05, 3.63) is 57.8 Å². The van der Waals surface area contributed by atoms with E-state index in [1.165, 1.54) is 4.90 Å². The van der Waals surface area contributed by atoms with Crippen molar-refractivity contribution in [3.63, 3.8) is 0 Å². The van der Waals surface area contributed by atoms with Crippen LogP contribution < -0.4 is 0 Å². The first kappa shape index (κ1) is 17.7. The number of hydrogen-bond acceptors (Lipinski definition) is 4. The third-order valence-electron chi connectivity index (χ3n) is 3.78. The molecule has 1 saturated heterocycles. The second-order valence-corrected chi connectivity index (χ2v) is 6.24. The first-order valence-electron chi connectivity index (χ1n) is 7.65. The van der Waals surface area contributed by atoms with Gasteiger partial charge in [0.15, 0.2) is 0 Å². The number of para-hydroxylation sites is 1. The zero-order valence-corrected chi connectivity index (χ0v) is 15.0. The van der Waals surface area contributed by atoms with E-state index in [9.17, 15) is 4.79 Å². The molecule has 1 amide bonds. The number of pyridine rings is 1. The van der Waals surface area contributed by atoms with Gasteiger partial charge in [-0.05, 0) is 30.7 Å². The van der Waals surface area contributed by atoms with E-state index < -0.39 is 0 Å². The number of nitrogens with zero attached hydrogens (tertiary/aromatic N) is 4. The summed E-state index contributed by atoms with van der Waals surface area (Å²) in [5.74, 6) is 0.346. The van der Waals surface area contributed by atoms with Gasteiger partial charge < -0.3 is 0 Å². The number of guanidine groups is 1. The van der Waals surface area contributed by atoms with Crippen molar-refractivity contribution < 1.29 is 9.63 Å². The van der Waals surface area contributed by atoms with E-state index in [1.54, 1.807) is 29.5 Å². The largest absolute Gasteiger partial charge is 0.281 e. The fourth-order valence-electron chi connectivity index (χ4n) is 2.39. The zero-order chi connectivity index (χ0) is 17.8. The fourth-order valence-corrected chi connectivity index (χ4v) is 2.87. The highest BCUT2D eigenvalue weighted by Gasteiger charge is 2.28. The van der Waals surface area contributed by atoms with E-state index in [1.807, 2.05) is 19.1 Å². The molecule has 25 heavy (non-hydrogen) atoms. The Hall–Kier alpha value is -2.15. The molecule has 6 nitrogen and oxygen atoms in total. The van der Waals surface area contributed by atoms with Crippen molar-refractivity contribution in [3.8, 4) is 0 Å². The maximum absolute atomic E-state index is 11.3. The first-order valence-corrected chi connectivity index (χ1v) is 8.41. The standard InChI is InChI=1S/C17H16Cl2N4O2/c1-12-4-3-7-20-15(12)10-25-23-9-8-22(11-24)17(23)21-16-13(18)5-2-6-14(16)19/h2-7,11H,8-10H2,1H3. The van der Waals surface area contributed by atoms with E-state index in [0.717, 1.165) is 11.3 Å². The molecule has 1 fully saturated rings. The van der Waals surface area contributed by atoms with Crippen LogP contribution in [0.4, 0.5) is 5.69 Å². The molecule has 2 aromatic rings. The summed E-state index contributed by atoms with van der Waals surface area (Å²) in [6, 6.07) is 8.95. The van der Waals surface area contributed by atoms with Crippen molar-refractivity contribution in [1.29, 1.82) is 0 Å². The Morgan fingerprint density at radius 3 is 2.68 bits per heavy atom. The predicted molar refractivity (Wildman–Crippen MR) is 96.8 cm³/mol. The van der Waals surface area contributed by atoms with Crippen LogP contribution in [-0.4, -0.2) is 40.4 Å². The van der Waals surface area contributed by atoms with Crippen molar-refractivity contribution >= 4 is 41.3 Å². The summed E-state index contributed by atoms with van der Waals surface area (Å²) in [6.45, 7) is 3.19. The van der Waals surface area contributed by atoms with Gasteiger partial charge in [0.1, 0.15) is 12.3 Å². The minimum Gasteiger partial charge on any atom is -0.281 e. The second-order valence-electron chi connectivity index (χ2n) is 5.42. The van der Waals surface area contributed by atoms with Crippen LogP contribution in [0.1, 0.15) is 11.3 Å². The molecule has 1 aliphatic rings. The number of amides is 1. The number of benzene rings is 1. The summed E-state index contributed by atoms with van der Waals surface area (Å²) in [7, 11) is 0. The Balaban J connectivity index is 1.85. The number of aromatic nitrogens is 1. The SMILES string of the molecule is Cc1cccnc1CON1CCN(C=O)C1=Nc1c(Cl)cccc1Cl. The number of hydrogen-bond donors (Lipinski definition) is 0. The Morgan fingerprint density at radius 1 is 1.24 bits per heavy atom. The molecule has 8 heteroatoms. The molecule has 2 heterocycles. The van der Waals surface area contributed by atoms with Gasteiger partial charge in [-0.3, -0.25) is 19.5 Å². The van der Waals surface area contributed by atoms with Crippen LogP contribution in [0.15, 0.2) is 41.5 Å². The summed E-state index contributed by atoms with van der Waals surface area (Å²) in [5.41, 5.74) is 2.25. The van der Waals surface area contributed by atoms with Gasteiger partial charge >= 0.3 is 0 Å². The van der Waals surface area contributed by atoms with Crippen LogP contribution in [0.25, 0.3) is 0 Å². The summed E-state index contributed by atoms with van der Waals surface area (Å²) in [4.78, 5) is 27.4. The Morgan fingerprint density at radius 2 is 2.00 bits per heavy atom. The van der Waals surface area contributed by atoms with Crippen molar-refractivity contribution in [1.82, 2.24) is 14.9 Å². The summed E-state index contributed by atoms with van der Waals surface area (Å²) in [5, 5.41) is 2.36. The second kappa shape index (κ2) is 7.82. The molecular weight excluding hydrogens is 363 g/mol. The van der Waals surface area contributed by atoms with Gasteiger partial charge in [0.05, 0.1) is 22.3 Å². The van der Waals surface area contributed by atoms with Crippen LogP contribution in [0.2, 0.25) is 10.0 Å². The highest BCUT2D eigenvalue weighted by molar-refractivity contribution is 6.38. The van der Waals surface area contributed by atoms with Crippen LogP contribution in [0.3, 0.4) is 0 Å². The van der Waals surface area contributed by atoms with E-state index in [0.29, 0.717) is 41.2 Å². The highest BCUT2D eigenvalue weighted by Crippen LogP contribution is 2.33. The molecule has 0 bridgehead atoms. The predicted octanol–water partition coefficient (Wildman–Crippen LogP) is 3.59. The van der Waals surface area contributed by atoms with Gasteiger partial charge in [0.2, 0.25) is 12.4 Å². The number of aliphatic imine (C=N–C) groups is 1. The van der Waals surface area contributed by atoms with Gasteiger partial charge in [0.25, 0.3) is 0 Å². The van der Waals surface area contributed by atoms with E-state index in [-0.39, 0.29) is 6.61 Å². The highest BCUT2D eigenvalue weighted by atomic mass is 35.5. The molecule has 130 valence electrons. The number of hydroxylamine groups is 2. The number of halogens is 2. The van der Waals surface area contributed by atoms with Crippen molar-refractivity contribution in [2.24, 2.45) is 4.99 Å². The molecule has 3 rings (SSSR count). The topological polar surface area (TPSA) is 58.0 Å². The summed E-state index contributed by atoms with van der Waals surface area (Å²) >= 11 is 12.3. The van der Waals surface area contributed by atoms with Crippen LogP contribution in [0.5, 0.6) is 0 Å². The minimum atomic E-state index is 0.272. The maximum Gasteiger partial charge on any atom is 0.233 e. The molecule has 0 spiro atoms. The lowest BCUT2D eigenvalue weighted by molar-refractivity contribution is -0.116. The Kier molecular flexibility index (Phi) is 5.53. The maximum atomic E-state index is 11.3. The van der Waals surface area contributed by atoms with Gasteiger partial charge in [0, 0.05) is 12.7 Å². The monoisotopic (exact) mass is 378 g/mol. The average Bonchev–Trinajstić information content (AvgIpc) is 2.99. The van der Waals surface area contributed by atoms with E-state index in [4.69, 9.17) is 28.0 Å². The average molecular weight is 379 g/mol. The van der Waals surface area contributed by atoms with Crippen molar-refractivity contribution in [2.45, 2.75) is 13.5 Å². The van der Waals surface area contributed by atoms with Crippen LogP contribution in [-0.2, 0) is 16.2 Å². The van der Waals surface area contributed by atoms with Crippen LogP contribution in [0, 0.1) is 6.92 Å². The quantitative estimate of drug-likeness (QED) is 0.745. The lowest BCUT2D eigenvalue weighted by atomic mass is 10.2. The molecule has 0 radical (unpaired) electrons. The molecule has 0 saturated carbocycles. The number of carbonyl (C=O) groups is 1. The third-order valence-corrected chi connectivity index (χ3v) is 4.39. The van der Waals surface area contributed by atoms with Crippen molar-refractivity contribution in [2.75, 3.05) is 13.1 Å². The molecule has 1 aliphatic heterocycles. The zero-order valence-electron chi connectivity index (χ0n) is 13.5. The molecule has 1 aromatic carbocycles. The number of carbonyl (C=O) groups excluding carboxylic acids is 1. The fraction of sp³-hybridized carbons (Fsp3) is 0.235. The Bertz CT molecular complexity index is 793. The summed E-state index contributed by atoms with van der Waals surface area (Å²) < 4.78 is 0. The molecule has 0 unspecified atom stereocenters. The molecule has 0 atom stereocenters. The van der Waals surface area contributed by atoms with Gasteiger partial charge in [-0.1, -0.05) is 35.3 Å². The van der Waals surface area contributed by atoms with Crippen LogP contribution >= 0.6 is 23.2 Å². The molecule has 0 aliphatic carbocycles. The Labute approximate surface area is 155 Å². The lowest BCUT2D eigenvalue weighted by Crippen LogP contribution is -2.33. The van der Waals surface area contributed by atoms with Gasteiger partial charge in [-0.15, -0.1) is 0 Å². The number of rotatable bonds is 5. The number of aryl methyl sites for hydroxylation is 1. The van der Waals surface area contributed by atoms with Gasteiger partial charge in [-0.25, -0.2) is 10.1 Å². The smallest absolute Gasteiger partial charge is 0.233 e. The van der Waals surface area contributed by atoms with Gasteiger partial charge in [-0.2, -0.15) is 0 Å². The third kappa shape index (κ3) is 3.92. The minimum absolute atomic E-state index is 0.272. The molecule has 1 aromatic heterocycles.